The van der Waals surface area contributed by atoms with Gasteiger partial charge in [-0.3, -0.25) is 14.7 Å². The highest BCUT2D eigenvalue weighted by Gasteiger charge is 2.17. The van der Waals surface area contributed by atoms with Gasteiger partial charge < -0.3 is 10.4 Å². The number of rotatable bonds is 7. The van der Waals surface area contributed by atoms with Crippen molar-refractivity contribution < 1.29 is 14.7 Å². The standard InChI is InChI=1S/C13H21N3O3/c1-8(2)4-10(5-11(17)18)7-14-13(19)12-9(3)6-15-16-12/h6,8,10H,4-5,7H2,1-3H3,(H,14,19)(H,15,16)(H,17,18)/t10-/m0/s1. The van der Waals surface area contributed by atoms with E-state index in [0.29, 0.717) is 18.2 Å². The van der Waals surface area contributed by atoms with Gasteiger partial charge in [0, 0.05) is 13.0 Å². The largest absolute Gasteiger partial charge is 0.481 e. The Bertz CT molecular complexity index is 440. The molecule has 0 fully saturated rings. The number of hydrogen-bond donors (Lipinski definition) is 3. The minimum Gasteiger partial charge on any atom is -0.481 e. The average Bonchev–Trinajstić information content (AvgIpc) is 2.70. The highest BCUT2D eigenvalue weighted by atomic mass is 16.4. The zero-order valence-electron chi connectivity index (χ0n) is 11.6. The van der Waals surface area contributed by atoms with Crippen molar-refractivity contribution in [3.05, 3.63) is 17.5 Å². The molecule has 0 unspecified atom stereocenters. The van der Waals surface area contributed by atoms with Crippen LogP contribution in [0, 0.1) is 18.8 Å². The van der Waals surface area contributed by atoms with Crippen LogP contribution in [0.2, 0.25) is 0 Å². The van der Waals surface area contributed by atoms with Gasteiger partial charge in [-0.2, -0.15) is 5.10 Å². The summed E-state index contributed by atoms with van der Waals surface area (Å²) in [5.74, 6) is -0.730. The monoisotopic (exact) mass is 267 g/mol. The molecule has 1 atom stereocenters. The van der Waals surface area contributed by atoms with Gasteiger partial charge in [-0.15, -0.1) is 0 Å². The second-order valence-electron chi connectivity index (χ2n) is 5.23. The summed E-state index contributed by atoms with van der Waals surface area (Å²) >= 11 is 0. The van der Waals surface area contributed by atoms with E-state index in [1.807, 2.05) is 13.8 Å². The fraction of sp³-hybridized carbons (Fsp3) is 0.615. The van der Waals surface area contributed by atoms with Gasteiger partial charge in [0.25, 0.3) is 5.91 Å². The molecule has 1 aromatic rings. The average molecular weight is 267 g/mol. The Balaban J connectivity index is 2.53. The molecule has 0 saturated carbocycles. The van der Waals surface area contributed by atoms with Crippen molar-refractivity contribution in [2.75, 3.05) is 6.54 Å². The summed E-state index contributed by atoms with van der Waals surface area (Å²) in [4.78, 5) is 22.7. The molecule has 0 aliphatic heterocycles. The molecule has 0 aromatic carbocycles. The van der Waals surface area contributed by atoms with E-state index in [4.69, 9.17) is 5.11 Å². The second kappa shape index (κ2) is 6.92. The van der Waals surface area contributed by atoms with Crippen LogP contribution in [-0.2, 0) is 4.79 Å². The summed E-state index contributed by atoms with van der Waals surface area (Å²) in [6.07, 6.45) is 2.42. The fourth-order valence-corrected chi connectivity index (χ4v) is 2.05. The van der Waals surface area contributed by atoms with Crippen LogP contribution in [0.1, 0.15) is 42.7 Å². The van der Waals surface area contributed by atoms with Crippen LogP contribution in [0.3, 0.4) is 0 Å². The van der Waals surface area contributed by atoms with Gasteiger partial charge in [0.2, 0.25) is 0 Å². The van der Waals surface area contributed by atoms with E-state index >= 15 is 0 Å². The van der Waals surface area contributed by atoms with E-state index in [-0.39, 0.29) is 18.2 Å². The van der Waals surface area contributed by atoms with Crippen molar-refractivity contribution in [2.45, 2.75) is 33.6 Å². The van der Waals surface area contributed by atoms with Gasteiger partial charge in [-0.05, 0) is 30.7 Å². The van der Waals surface area contributed by atoms with Crippen molar-refractivity contribution in [1.29, 1.82) is 0 Å². The minimum atomic E-state index is -0.836. The van der Waals surface area contributed by atoms with Crippen LogP contribution in [-0.4, -0.2) is 33.7 Å². The summed E-state index contributed by atoms with van der Waals surface area (Å²) in [5, 5.41) is 18.0. The number of carboxylic acids is 1. The number of aryl methyl sites for hydroxylation is 1. The number of nitrogens with one attached hydrogen (secondary N) is 2. The lowest BCUT2D eigenvalue weighted by Crippen LogP contribution is -2.31. The van der Waals surface area contributed by atoms with Gasteiger partial charge in [0.15, 0.2) is 0 Å². The van der Waals surface area contributed by atoms with E-state index in [0.717, 1.165) is 12.0 Å². The topological polar surface area (TPSA) is 95.1 Å². The first-order valence-electron chi connectivity index (χ1n) is 6.40. The van der Waals surface area contributed by atoms with Crippen molar-refractivity contribution >= 4 is 11.9 Å². The number of carbonyl (C=O) groups excluding carboxylic acids is 1. The number of amides is 1. The molecule has 1 amide bonds. The van der Waals surface area contributed by atoms with E-state index in [1.165, 1.54) is 0 Å². The summed E-state index contributed by atoms with van der Waals surface area (Å²) in [6, 6.07) is 0. The first-order valence-corrected chi connectivity index (χ1v) is 6.40. The Morgan fingerprint density at radius 2 is 2.16 bits per heavy atom. The maximum atomic E-state index is 11.9. The first-order chi connectivity index (χ1) is 8.90. The van der Waals surface area contributed by atoms with E-state index in [1.54, 1.807) is 13.1 Å². The Morgan fingerprint density at radius 3 is 2.63 bits per heavy atom. The summed E-state index contributed by atoms with van der Waals surface area (Å²) in [6.45, 7) is 6.23. The van der Waals surface area contributed by atoms with Gasteiger partial charge in [-0.1, -0.05) is 13.8 Å². The quantitative estimate of drug-likeness (QED) is 0.699. The number of H-pyrrole nitrogens is 1. The maximum Gasteiger partial charge on any atom is 0.303 e. The number of aromatic amines is 1. The zero-order valence-corrected chi connectivity index (χ0v) is 11.6. The van der Waals surface area contributed by atoms with Crippen LogP contribution in [0.4, 0.5) is 0 Å². The maximum absolute atomic E-state index is 11.9. The van der Waals surface area contributed by atoms with Gasteiger partial charge >= 0.3 is 5.97 Å². The lowest BCUT2D eigenvalue weighted by atomic mass is 9.94. The molecule has 0 radical (unpaired) electrons. The summed E-state index contributed by atoms with van der Waals surface area (Å²) in [7, 11) is 0. The molecular weight excluding hydrogens is 246 g/mol. The zero-order chi connectivity index (χ0) is 14.4. The predicted octanol–water partition coefficient (Wildman–Crippen LogP) is 1.58. The molecule has 3 N–H and O–H groups in total. The van der Waals surface area contributed by atoms with Crippen LogP contribution in [0.25, 0.3) is 0 Å². The van der Waals surface area contributed by atoms with E-state index in [9.17, 15) is 9.59 Å². The third-order valence-corrected chi connectivity index (χ3v) is 2.88. The molecule has 0 aliphatic carbocycles. The molecule has 106 valence electrons. The highest BCUT2D eigenvalue weighted by Crippen LogP contribution is 2.15. The number of nitrogens with zero attached hydrogens (tertiary/aromatic N) is 1. The van der Waals surface area contributed by atoms with Crippen molar-refractivity contribution in [3.63, 3.8) is 0 Å². The molecule has 0 spiro atoms. The van der Waals surface area contributed by atoms with Crippen molar-refractivity contribution in [3.8, 4) is 0 Å². The molecule has 1 aromatic heterocycles. The van der Waals surface area contributed by atoms with Crippen molar-refractivity contribution in [2.24, 2.45) is 11.8 Å². The van der Waals surface area contributed by atoms with Crippen LogP contribution < -0.4 is 5.32 Å². The van der Waals surface area contributed by atoms with Gasteiger partial charge in [0.05, 0.1) is 6.20 Å². The lowest BCUT2D eigenvalue weighted by Gasteiger charge is -2.17. The smallest absolute Gasteiger partial charge is 0.303 e. The minimum absolute atomic E-state index is 0.0512. The van der Waals surface area contributed by atoms with Crippen LogP contribution in [0.15, 0.2) is 6.20 Å². The number of aromatic nitrogens is 2. The van der Waals surface area contributed by atoms with E-state index < -0.39 is 5.97 Å². The number of carboxylic acid groups (broad SMARTS) is 1. The van der Waals surface area contributed by atoms with Crippen molar-refractivity contribution in [1.82, 2.24) is 15.5 Å². The summed E-state index contributed by atoms with van der Waals surface area (Å²) in [5.41, 5.74) is 1.20. The summed E-state index contributed by atoms with van der Waals surface area (Å²) < 4.78 is 0. The Kier molecular flexibility index (Phi) is 5.54. The lowest BCUT2D eigenvalue weighted by molar-refractivity contribution is -0.138. The number of hydrogen-bond acceptors (Lipinski definition) is 3. The van der Waals surface area contributed by atoms with Crippen LogP contribution in [0.5, 0.6) is 0 Å². The predicted molar refractivity (Wildman–Crippen MR) is 70.9 cm³/mol. The number of aliphatic carboxylic acids is 1. The molecule has 6 nitrogen and oxygen atoms in total. The Labute approximate surface area is 112 Å². The molecule has 0 aliphatic rings. The Morgan fingerprint density at radius 1 is 1.47 bits per heavy atom. The van der Waals surface area contributed by atoms with Gasteiger partial charge in [0.1, 0.15) is 5.69 Å². The SMILES string of the molecule is Cc1cn[nH]c1C(=O)NC[C@H](CC(=O)O)CC(C)C. The number of carbonyl (C=O) groups is 2. The Hall–Kier alpha value is -1.85. The molecule has 1 rings (SSSR count). The molecule has 6 heteroatoms. The molecule has 19 heavy (non-hydrogen) atoms. The molecule has 0 saturated heterocycles. The third-order valence-electron chi connectivity index (χ3n) is 2.88. The van der Waals surface area contributed by atoms with Gasteiger partial charge in [-0.25, -0.2) is 0 Å². The third kappa shape index (κ3) is 5.11. The van der Waals surface area contributed by atoms with E-state index in [2.05, 4.69) is 15.5 Å². The second-order valence-corrected chi connectivity index (χ2v) is 5.23. The molecular formula is C13H21N3O3. The molecule has 0 bridgehead atoms. The van der Waals surface area contributed by atoms with Crippen LogP contribution >= 0.6 is 0 Å². The molecule has 1 heterocycles. The fourth-order valence-electron chi connectivity index (χ4n) is 2.05. The first kappa shape index (κ1) is 15.2. The normalized spacial score (nSPS) is 12.4. The highest BCUT2D eigenvalue weighted by molar-refractivity contribution is 5.93.